The average molecular weight is 347 g/mol. The molecule has 2 aliphatic rings. The lowest BCUT2D eigenvalue weighted by Gasteiger charge is -2.35. The Kier molecular flexibility index (Phi) is 5.73. The van der Waals surface area contributed by atoms with Crippen LogP contribution in [0, 0.1) is 5.92 Å². The number of aromatic nitrogens is 2. The molecule has 138 valence electrons. The van der Waals surface area contributed by atoms with Crippen LogP contribution in [0.1, 0.15) is 43.1 Å². The van der Waals surface area contributed by atoms with E-state index in [1.807, 2.05) is 11.9 Å². The Morgan fingerprint density at radius 2 is 1.84 bits per heavy atom. The predicted octanol–water partition coefficient (Wildman–Crippen LogP) is 0.873. The molecule has 0 bridgehead atoms. The molecule has 3 rings (SSSR count). The quantitative estimate of drug-likeness (QED) is 0.877. The lowest BCUT2D eigenvalue weighted by Crippen LogP contribution is -2.49. The zero-order valence-electron chi connectivity index (χ0n) is 15.3. The highest BCUT2D eigenvalue weighted by Gasteiger charge is 2.26. The molecule has 2 amide bonds. The van der Waals surface area contributed by atoms with Gasteiger partial charge in [0.05, 0.1) is 19.1 Å². The van der Waals surface area contributed by atoms with E-state index in [-0.39, 0.29) is 17.9 Å². The summed E-state index contributed by atoms with van der Waals surface area (Å²) in [6.45, 7) is 6.27. The molecule has 3 heterocycles. The van der Waals surface area contributed by atoms with Crippen LogP contribution in [0.15, 0.2) is 12.5 Å². The van der Waals surface area contributed by atoms with Crippen LogP contribution >= 0.6 is 0 Å². The highest BCUT2D eigenvalue weighted by Crippen LogP contribution is 2.17. The Hall–Kier alpha value is -1.89. The molecule has 0 unspecified atom stereocenters. The van der Waals surface area contributed by atoms with Gasteiger partial charge in [0.2, 0.25) is 5.91 Å². The lowest BCUT2D eigenvalue weighted by atomic mass is 9.99. The summed E-state index contributed by atoms with van der Waals surface area (Å²) in [7, 11) is 1.82. The fourth-order valence-corrected chi connectivity index (χ4v) is 3.62. The first kappa shape index (κ1) is 17.9. The van der Waals surface area contributed by atoms with Crippen molar-refractivity contribution in [2.75, 3.05) is 32.7 Å². The van der Waals surface area contributed by atoms with Crippen molar-refractivity contribution in [1.82, 2.24) is 24.7 Å². The molecule has 7 nitrogen and oxygen atoms in total. The van der Waals surface area contributed by atoms with Crippen molar-refractivity contribution >= 4 is 11.8 Å². The van der Waals surface area contributed by atoms with Crippen LogP contribution in [0.3, 0.4) is 0 Å². The number of hydrogen-bond donors (Lipinski definition) is 1. The van der Waals surface area contributed by atoms with Gasteiger partial charge in [-0.05, 0) is 31.6 Å². The topological polar surface area (TPSA) is 70.5 Å². The van der Waals surface area contributed by atoms with Gasteiger partial charge in [0.15, 0.2) is 0 Å². The summed E-state index contributed by atoms with van der Waals surface area (Å²) in [5.41, 5.74) is 0.580. The smallest absolute Gasteiger partial charge is 0.269 e. The molecular formula is C18H29N5O2. The summed E-state index contributed by atoms with van der Waals surface area (Å²) in [4.78, 5) is 32.9. The summed E-state index contributed by atoms with van der Waals surface area (Å²) in [5.74, 6) is 0.920. The van der Waals surface area contributed by atoms with Gasteiger partial charge in [0.25, 0.3) is 5.91 Å². The lowest BCUT2D eigenvalue weighted by molar-refractivity contribution is -0.134. The van der Waals surface area contributed by atoms with Gasteiger partial charge in [-0.15, -0.1) is 0 Å². The molecule has 7 heteroatoms. The number of aryl methyl sites for hydroxylation is 1. The summed E-state index contributed by atoms with van der Waals surface area (Å²) in [6.07, 6.45) is 7.22. The maximum absolute atomic E-state index is 12.4. The molecule has 0 saturated carbocycles. The summed E-state index contributed by atoms with van der Waals surface area (Å²) < 4.78 is 1.72. The number of piperidine rings is 2. The molecule has 0 atom stereocenters. The van der Waals surface area contributed by atoms with Crippen molar-refractivity contribution in [1.29, 1.82) is 0 Å². The zero-order valence-corrected chi connectivity index (χ0v) is 15.3. The molecule has 2 saturated heterocycles. The first-order chi connectivity index (χ1) is 12.0. The van der Waals surface area contributed by atoms with E-state index in [1.165, 1.54) is 0 Å². The SMILES string of the molecule is CC1CCN(C(=O)CN2CCC(NC(=O)c3cncn3C)CC2)CC1. The highest BCUT2D eigenvalue weighted by atomic mass is 16.2. The first-order valence-electron chi connectivity index (χ1n) is 9.30. The van der Waals surface area contributed by atoms with E-state index in [0.29, 0.717) is 12.2 Å². The molecule has 25 heavy (non-hydrogen) atoms. The van der Waals surface area contributed by atoms with E-state index in [9.17, 15) is 9.59 Å². The van der Waals surface area contributed by atoms with Gasteiger partial charge >= 0.3 is 0 Å². The van der Waals surface area contributed by atoms with Crippen molar-refractivity contribution < 1.29 is 9.59 Å². The van der Waals surface area contributed by atoms with Crippen molar-refractivity contribution in [2.24, 2.45) is 13.0 Å². The third-order valence-corrected chi connectivity index (χ3v) is 5.47. The Morgan fingerprint density at radius 1 is 1.16 bits per heavy atom. The van der Waals surface area contributed by atoms with Gasteiger partial charge < -0.3 is 14.8 Å². The van der Waals surface area contributed by atoms with Crippen molar-refractivity contribution in [3.8, 4) is 0 Å². The minimum absolute atomic E-state index is 0.0723. The van der Waals surface area contributed by atoms with E-state index in [1.54, 1.807) is 17.1 Å². The number of hydrogen-bond acceptors (Lipinski definition) is 4. The van der Waals surface area contributed by atoms with Crippen LogP contribution in [0.25, 0.3) is 0 Å². The number of imidazole rings is 1. The molecule has 1 aromatic rings. The number of likely N-dealkylation sites (tertiary alicyclic amines) is 2. The van der Waals surface area contributed by atoms with Crippen molar-refractivity contribution in [2.45, 2.75) is 38.6 Å². The summed E-state index contributed by atoms with van der Waals surface area (Å²) in [5, 5.41) is 3.08. The number of nitrogens with one attached hydrogen (secondary N) is 1. The molecule has 2 fully saturated rings. The molecule has 2 aliphatic heterocycles. The zero-order chi connectivity index (χ0) is 17.8. The Bertz CT molecular complexity index is 598. The molecule has 1 N–H and O–H groups in total. The maximum atomic E-state index is 12.4. The Balaban J connectivity index is 1.40. The normalized spacial score (nSPS) is 20.6. The minimum Gasteiger partial charge on any atom is -0.348 e. The van der Waals surface area contributed by atoms with Crippen molar-refractivity contribution in [3.05, 3.63) is 18.2 Å². The van der Waals surface area contributed by atoms with Crippen LogP contribution in [0.4, 0.5) is 0 Å². The van der Waals surface area contributed by atoms with Crippen LogP contribution in [-0.2, 0) is 11.8 Å². The number of carbonyl (C=O) groups excluding carboxylic acids is 2. The first-order valence-corrected chi connectivity index (χ1v) is 9.30. The fourth-order valence-electron chi connectivity index (χ4n) is 3.62. The molecule has 0 radical (unpaired) electrons. The van der Waals surface area contributed by atoms with Gasteiger partial charge in [0, 0.05) is 39.3 Å². The third-order valence-electron chi connectivity index (χ3n) is 5.47. The van der Waals surface area contributed by atoms with Crippen LogP contribution in [-0.4, -0.2) is 69.9 Å². The highest BCUT2D eigenvalue weighted by molar-refractivity contribution is 5.92. The number of nitrogens with zero attached hydrogens (tertiary/aromatic N) is 4. The standard InChI is InChI=1S/C18H29N5O2/c1-14-3-9-23(10-4-14)17(24)12-22-7-5-15(6-8-22)20-18(25)16-11-19-13-21(16)2/h11,13-15H,3-10,12H2,1-2H3,(H,20,25). The molecule has 0 aromatic carbocycles. The van der Waals surface area contributed by atoms with Gasteiger partial charge in [-0.3, -0.25) is 14.5 Å². The average Bonchev–Trinajstić information content (AvgIpc) is 3.03. The van der Waals surface area contributed by atoms with E-state index in [2.05, 4.69) is 22.1 Å². The summed E-state index contributed by atoms with van der Waals surface area (Å²) >= 11 is 0. The second-order valence-electron chi connectivity index (χ2n) is 7.48. The van der Waals surface area contributed by atoms with Crippen molar-refractivity contribution in [3.63, 3.8) is 0 Å². The van der Waals surface area contributed by atoms with E-state index >= 15 is 0 Å². The molecule has 0 aliphatic carbocycles. The van der Waals surface area contributed by atoms with Gasteiger partial charge in [0.1, 0.15) is 5.69 Å². The van der Waals surface area contributed by atoms with Crippen LogP contribution < -0.4 is 5.32 Å². The molecular weight excluding hydrogens is 318 g/mol. The Morgan fingerprint density at radius 3 is 2.44 bits per heavy atom. The monoisotopic (exact) mass is 347 g/mol. The Labute approximate surface area is 149 Å². The third kappa shape index (κ3) is 4.60. The van der Waals surface area contributed by atoms with Crippen LogP contribution in [0.2, 0.25) is 0 Å². The molecule has 0 spiro atoms. The van der Waals surface area contributed by atoms with Gasteiger partial charge in [-0.25, -0.2) is 4.98 Å². The predicted molar refractivity (Wildman–Crippen MR) is 95.1 cm³/mol. The summed E-state index contributed by atoms with van der Waals surface area (Å²) in [6, 6.07) is 0.171. The number of rotatable bonds is 4. The minimum atomic E-state index is -0.0723. The van der Waals surface area contributed by atoms with Gasteiger partial charge in [-0.2, -0.15) is 0 Å². The largest absolute Gasteiger partial charge is 0.348 e. The second-order valence-corrected chi connectivity index (χ2v) is 7.48. The van der Waals surface area contributed by atoms with Crippen LogP contribution in [0.5, 0.6) is 0 Å². The molecule has 1 aromatic heterocycles. The van der Waals surface area contributed by atoms with E-state index < -0.39 is 0 Å². The van der Waals surface area contributed by atoms with E-state index in [4.69, 9.17) is 0 Å². The number of carbonyl (C=O) groups is 2. The number of amides is 2. The van der Waals surface area contributed by atoms with Gasteiger partial charge in [-0.1, -0.05) is 6.92 Å². The second kappa shape index (κ2) is 7.99. The van der Waals surface area contributed by atoms with E-state index in [0.717, 1.165) is 57.8 Å². The maximum Gasteiger partial charge on any atom is 0.269 e. The fraction of sp³-hybridized carbons (Fsp3) is 0.722.